The molecule has 1 aliphatic heterocycles. The molecule has 3 aromatic rings. The molecule has 0 aliphatic carbocycles. The van der Waals surface area contributed by atoms with Crippen molar-refractivity contribution in [2.24, 2.45) is 0 Å². The lowest BCUT2D eigenvalue weighted by molar-refractivity contribution is 0.102. The fourth-order valence-electron chi connectivity index (χ4n) is 3.93. The molecule has 4 rings (SSSR count). The largest absolute Gasteiger partial charge is 0.398 e. The van der Waals surface area contributed by atoms with Gasteiger partial charge in [0, 0.05) is 63.8 Å². The molecule has 5 nitrogen and oxygen atoms in total. The highest BCUT2D eigenvalue weighted by molar-refractivity contribution is 8.00. The highest BCUT2D eigenvalue weighted by Crippen LogP contribution is 2.29. The number of fused-ring (bicyclic) bond motifs is 1. The van der Waals surface area contributed by atoms with Gasteiger partial charge in [0.1, 0.15) is 0 Å². The van der Waals surface area contributed by atoms with Gasteiger partial charge in [0.05, 0.1) is 0 Å². The lowest BCUT2D eigenvalue weighted by atomic mass is 10.1. The van der Waals surface area contributed by atoms with Crippen LogP contribution in [0, 0.1) is 0 Å². The van der Waals surface area contributed by atoms with Crippen LogP contribution in [0.15, 0.2) is 72.3 Å². The number of halogens is 1. The molecular formula is C31H43ClN4OS2. The van der Waals surface area contributed by atoms with E-state index in [1.54, 1.807) is 6.92 Å². The Morgan fingerprint density at radius 3 is 2.36 bits per heavy atom. The summed E-state index contributed by atoms with van der Waals surface area (Å²) >= 11 is 8.78. The highest BCUT2D eigenvalue weighted by Gasteiger charge is 2.13. The first-order valence-electron chi connectivity index (χ1n) is 13.5. The van der Waals surface area contributed by atoms with Gasteiger partial charge in [-0.15, -0.1) is 0 Å². The normalized spacial score (nSPS) is 12.7. The van der Waals surface area contributed by atoms with Crippen molar-refractivity contribution in [3.63, 3.8) is 0 Å². The van der Waals surface area contributed by atoms with E-state index < -0.39 is 0 Å². The molecule has 1 saturated heterocycles. The van der Waals surface area contributed by atoms with Gasteiger partial charge >= 0.3 is 0 Å². The van der Waals surface area contributed by atoms with Crippen molar-refractivity contribution in [1.29, 1.82) is 0 Å². The third kappa shape index (κ3) is 11.4. The molecule has 1 amide bonds. The second-order valence-corrected chi connectivity index (χ2v) is 11.8. The smallest absolute Gasteiger partial charge is 0.255 e. The van der Waals surface area contributed by atoms with Crippen LogP contribution >= 0.6 is 35.5 Å². The van der Waals surface area contributed by atoms with Gasteiger partial charge in [0.2, 0.25) is 0 Å². The second-order valence-electron chi connectivity index (χ2n) is 9.13. The van der Waals surface area contributed by atoms with E-state index in [0.29, 0.717) is 16.3 Å². The van der Waals surface area contributed by atoms with Gasteiger partial charge in [0.15, 0.2) is 0 Å². The van der Waals surface area contributed by atoms with Crippen LogP contribution in [0.5, 0.6) is 0 Å². The van der Waals surface area contributed by atoms with E-state index >= 15 is 0 Å². The summed E-state index contributed by atoms with van der Waals surface area (Å²) in [5.74, 6) is 1.05. The Kier molecular flexibility index (Phi) is 15.3. The molecule has 0 radical (unpaired) electrons. The van der Waals surface area contributed by atoms with Gasteiger partial charge in [-0.25, -0.2) is 0 Å². The van der Waals surface area contributed by atoms with E-state index in [2.05, 4.69) is 40.6 Å². The Bertz CT molecular complexity index is 1160. The van der Waals surface area contributed by atoms with Crippen molar-refractivity contribution in [2.75, 3.05) is 47.0 Å². The minimum atomic E-state index is -0.113. The standard InChI is InChI=1S/C21H21N3OS.C7H17NS.C3H5Cl/c22-19-7-3-6-18-17(19)5-4-8-20(18)23-21(25)15-9-11-16(12-10-15)24-13-1-2-14-26-24;1-4-6-7-8(5-2)9-3;1-3(2)4/h3-12H,1-2,13-14,22H2,(H,23,25);4-7H2,1-3H3;1H2,2H3. The fourth-order valence-corrected chi connectivity index (χ4v) is 5.58. The van der Waals surface area contributed by atoms with Crippen molar-refractivity contribution in [2.45, 2.75) is 46.5 Å². The van der Waals surface area contributed by atoms with Crippen LogP contribution in [0.3, 0.4) is 0 Å². The van der Waals surface area contributed by atoms with Gasteiger partial charge in [-0.1, -0.05) is 74.7 Å². The minimum Gasteiger partial charge on any atom is -0.398 e. The monoisotopic (exact) mass is 586 g/mol. The summed E-state index contributed by atoms with van der Waals surface area (Å²) in [5, 5.41) is 5.55. The van der Waals surface area contributed by atoms with Gasteiger partial charge in [-0.3, -0.25) is 9.10 Å². The van der Waals surface area contributed by atoms with E-state index in [0.717, 1.165) is 34.4 Å². The first-order chi connectivity index (χ1) is 18.8. The van der Waals surface area contributed by atoms with Crippen LogP contribution in [-0.2, 0) is 0 Å². The zero-order valence-electron chi connectivity index (χ0n) is 23.7. The summed E-state index contributed by atoms with van der Waals surface area (Å²) in [5.41, 5.74) is 9.33. The van der Waals surface area contributed by atoms with Gasteiger partial charge in [-0.2, -0.15) is 0 Å². The zero-order chi connectivity index (χ0) is 28.6. The van der Waals surface area contributed by atoms with Gasteiger partial charge < -0.3 is 15.4 Å². The molecule has 1 heterocycles. The third-order valence-corrected chi connectivity index (χ3v) is 8.13. The SMILES string of the molecule is C=C(C)Cl.CCCCN(CC)SC.Nc1cccc2c(NC(=O)c3ccc(N4CCCCS4)cc3)cccc12. The van der Waals surface area contributed by atoms with E-state index in [-0.39, 0.29) is 5.91 Å². The molecule has 0 saturated carbocycles. The van der Waals surface area contributed by atoms with E-state index in [1.807, 2.05) is 84.6 Å². The number of carbonyl (C=O) groups excluding carboxylic acids is 1. The number of rotatable bonds is 8. The number of carbonyl (C=O) groups is 1. The van der Waals surface area contributed by atoms with Crippen molar-refractivity contribution in [1.82, 2.24) is 4.31 Å². The first-order valence-corrected chi connectivity index (χ1v) is 16.0. The van der Waals surface area contributed by atoms with Crippen LogP contribution < -0.4 is 15.4 Å². The number of nitrogen functional groups attached to an aromatic ring is 1. The quantitative estimate of drug-likeness (QED) is 0.203. The van der Waals surface area contributed by atoms with Crippen LogP contribution in [-0.4, -0.2) is 41.9 Å². The zero-order valence-corrected chi connectivity index (χ0v) is 26.1. The lowest BCUT2D eigenvalue weighted by Crippen LogP contribution is -2.21. The van der Waals surface area contributed by atoms with Crippen LogP contribution in [0.25, 0.3) is 10.8 Å². The number of unbranched alkanes of at least 4 members (excludes halogenated alkanes) is 1. The summed E-state index contributed by atoms with van der Waals surface area (Å²) in [6.07, 6.45) is 7.27. The summed E-state index contributed by atoms with van der Waals surface area (Å²) < 4.78 is 4.68. The first kappa shape index (κ1) is 32.9. The van der Waals surface area contributed by atoms with Crippen LogP contribution in [0.1, 0.15) is 56.8 Å². The predicted octanol–water partition coefficient (Wildman–Crippen LogP) is 9.07. The van der Waals surface area contributed by atoms with E-state index in [4.69, 9.17) is 17.3 Å². The second kappa shape index (κ2) is 18.1. The van der Waals surface area contributed by atoms with Crippen molar-refractivity contribution >= 4 is 69.2 Å². The Labute approximate surface area is 248 Å². The average Bonchev–Trinajstić information content (AvgIpc) is 2.95. The molecule has 39 heavy (non-hydrogen) atoms. The minimum absolute atomic E-state index is 0.113. The summed E-state index contributed by atoms with van der Waals surface area (Å²) in [6, 6.07) is 19.3. The maximum atomic E-state index is 12.7. The molecular weight excluding hydrogens is 544 g/mol. The topological polar surface area (TPSA) is 61.6 Å². The van der Waals surface area contributed by atoms with Crippen molar-refractivity contribution in [3.8, 4) is 0 Å². The highest BCUT2D eigenvalue weighted by atomic mass is 35.5. The number of nitrogens with zero attached hydrogens (tertiary/aromatic N) is 2. The fraction of sp³-hybridized carbons (Fsp3) is 0.387. The van der Waals surface area contributed by atoms with Gasteiger partial charge in [-0.05, 0) is 80.8 Å². The Morgan fingerprint density at radius 1 is 1.10 bits per heavy atom. The molecule has 0 unspecified atom stereocenters. The molecule has 0 bridgehead atoms. The number of hydrogen-bond donors (Lipinski definition) is 2. The Hall–Kier alpha value is -2.32. The van der Waals surface area contributed by atoms with E-state index in [9.17, 15) is 4.79 Å². The number of nitrogens with one attached hydrogen (secondary N) is 1. The number of allylic oxidation sites excluding steroid dienone is 1. The summed E-state index contributed by atoms with van der Waals surface area (Å²) in [7, 11) is 0. The average molecular weight is 587 g/mol. The maximum Gasteiger partial charge on any atom is 0.255 e. The molecule has 3 N–H and O–H groups in total. The number of hydrogen-bond acceptors (Lipinski definition) is 6. The summed E-state index contributed by atoms with van der Waals surface area (Å²) in [6.45, 7) is 13.0. The summed E-state index contributed by atoms with van der Waals surface area (Å²) in [4.78, 5) is 12.7. The molecule has 0 spiro atoms. The molecule has 1 fully saturated rings. The molecule has 1 aliphatic rings. The number of amides is 1. The third-order valence-electron chi connectivity index (χ3n) is 6.00. The molecule has 0 atom stereocenters. The molecule has 8 heteroatoms. The van der Waals surface area contributed by atoms with Crippen LogP contribution in [0.4, 0.5) is 17.1 Å². The van der Waals surface area contributed by atoms with E-state index in [1.165, 1.54) is 38.8 Å². The van der Waals surface area contributed by atoms with Crippen LogP contribution in [0.2, 0.25) is 0 Å². The number of benzene rings is 3. The van der Waals surface area contributed by atoms with Crippen molar-refractivity contribution < 1.29 is 4.79 Å². The van der Waals surface area contributed by atoms with Crippen molar-refractivity contribution in [3.05, 3.63) is 77.8 Å². The lowest BCUT2D eigenvalue weighted by Gasteiger charge is -2.27. The Morgan fingerprint density at radius 2 is 1.77 bits per heavy atom. The molecule has 212 valence electrons. The molecule has 3 aromatic carbocycles. The number of nitrogens with two attached hydrogens (primary N) is 1. The maximum absolute atomic E-state index is 12.7. The Balaban J connectivity index is 0.000000344. The van der Waals surface area contributed by atoms with Gasteiger partial charge in [0.25, 0.3) is 5.91 Å². The number of anilines is 3. The molecule has 0 aromatic heterocycles. The predicted molar refractivity (Wildman–Crippen MR) is 178 cm³/mol.